The van der Waals surface area contributed by atoms with Crippen LogP contribution in [-0.2, 0) is 12.0 Å². The maximum absolute atomic E-state index is 13.3. The second-order valence-electron chi connectivity index (χ2n) is 9.54. The minimum absolute atomic E-state index is 0.0169. The number of nitrogens with zero attached hydrogens (tertiary/aromatic N) is 1. The molecule has 1 heterocycles. The molecule has 0 unspecified atom stereocenters. The number of anilines is 1. The molecule has 1 fully saturated rings. The molecule has 2 aliphatic rings. The Balaban J connectivity index is 1.43. The van der Waals surface area contributed by atoms with Crippen molar-refractivity contribution in [1.82, 2.24) is 5.32 Å². The van der Waals surface area contributed by atoms with Crippen molar-refractivity contribution in [2.75, 3.05) is 11.4 Å². The lowest BCUT2D eigenvalue weighted by Gasteiger charge is -2.25. The zero-order valence-corrected chi connectivity index (χ0v) is 20.2. The molecule has 5 rings (SSSR count). The number of rotatable bonds is 4. The zero-order chi connectivity index (χ0) is 23.0. The van der Waals surface area contributed by atoms with Crippen LogP contribution in [0.5, 0.6) is 0 Å². The molecule has 5 heteroatoms. The second-order valence-corrected chi connectivity index (χ2v) is 10.3. The van der Waals surface area contributed by atoms with E-state index in [1.165, 1.54) is 52.6 Å². The summed E-state index contributed by atoms with van der Waals surface area (Å²) in [7, 11) is 0. The molecule has 3 aromatic carbocycles. The molecule has 1 saturated carbocycles. The van der Waals surface area contributed by atoms with Gasteiger partial charge in [-0.1, -0.05) is 54.8 Å². The van der Waals surface area contributed by atoms with Gasteiger partial charge in [0.1, 0.15) is 0 Å². The summed E-state index contributed by atoms with van der Waals surface area (Å²) in [4.78, 5) is 16.3. The van der Waals surface area contributed by atoms with Crippen LogP contribution in [0.25, 0.3) is 11.1 Å². The third-order valence-corrected chi connectivity index (χ3v) is 7.88. The van der Waals surface area contributed by atoms with Crippen molar-refractivity contribution in [2.45, 2.75) is 56.4 Å². The van der Waals surface area contributed by atoms with Gasteiger partial charge in [0.25, 0.3) is 0 Å². The number of urea groups is 1. The van der Waals surface area contributed by atoms with Crippen LogP contribution in [0.1, 0.15) is 47.9 Å². The number of hydrogen-bond donors (Lipinski definition) is 2. The Morgan fingerprint density at radius 3 is 2.52 bits per heavy atom. The standard InChI is InChI=1S/C28H31N3OS/c1-19-5-6-20(2)24(15-19)22-9-12-26-25(16-22)28(13-3-4-14-28)18-31(26)27(32)30-17-21-7-10-23(33-29)11-8-21/h5-12,15-16H,3-4,13-14,17-18,29H2,1-2H3,(H,30,32). The molecule has 3 aromatic rings. The van der Waals surface area contributed by atoms with Crippen molar-refractivity contribution in [3.8, 4) is 11.1 Å². The van der Waals surface area contributed by atoms with E-state index in [-0.39, 0.29) is 11.4 Å². The summed E-state index contributed by atoms with van der Waals surface area (Å²) in [6.07, 6.45) is 4.76. The van der Waals surface area contributed by atoms with E-state index >= 15 is 0 Å². The van der Waals surface area contributed by atoms with E-state index in [0.29, 0.717) is 6.54 Å². The van der Waals surface area contributed by atoms with Crippen molar-refractivity contribution in [3.63, 3.8) is 0 Å². The van der Waals surface area contributed by atoms with Gasteiger partial charge in [-0.3, -0.25) is 10.0 Å². The van der Waals surface area contributed by atoms with E-state index in [0.717, 1.165) is 35.5 Å². The molecule has 1 aliphatic carbocycles. The third kappa shape index (κ3) is 4.16. The predicted octanol–water partition coefficient (Wildman–Crippen LogP) is 6.48. The number of carbonyl (C=O) groups excluding carboxylic acids is 1. The first kappa shape index (κ1) is 22.1. The topological polar surface area (TPSA) is 58.4 Å². The largest absolute Gasteiger partial charge is 0.334 e. The zero-order valence-electron chi connectivity index (χ0n) is 19.4. The van der Waals surface area contributed by atoms with Crippen LogP contribution in [0.3, 0.4) is 0 Å². The lowest BCUT2D eigenvalue weighted by atomic mass is 9.79. The van der Waals surface area contributed by atoms with Gasteiger partial charge in [-0.25, -0.2) is 4.79 Å². The van der Waals surface area contributed by atoms with Crippen molar-refractivity contribution >= 4 is 23.7 Å². The highest BCUT2D eigenvalue weighted by atomic mass is 32.2. The van der Waals surface area contributed by atoms with Gasteiger partial charge in [0.2, 0.25) is 0 Å². The molecule has 4 nitrogen and oxygen atoms in total. The maximum Gasteiger partial charge on any atom is 0.322 e. The van der Waals surface area contributed by atoms with Crippen molar-refractivity contribution in [3.05, 3.63) is 82.9 Å². The molecule has 170 valence electrons. The van der Waals surface area contributed by atoms with E-state index in [1.807, 2.05) is 29.2 Å². The number of nitrogens with two attached hydrogens (primary N) is 1. The Hall–Kier alpha value is -2.76. The number of benzene rings is 3. The molecule has 1 aliphatic heterocycles. The molecule has 33 heavy (non-hydrogen) atoms. The molecule has 0 saturated heterocycles. The van der Waals surface area contributed by atoms with Crippen LogP contribution in [0.4, 0.5) is 10.5 Å². The number of fused-ring (bicyclic) bond motifs is 2. The smallest absolute Gasteiger partial charge is 0.322 e. The van der Waals surface area contributed by atoms with Crippen LogP contribution in [0.15, 0.2) is 65.6 Å². The van der Waals surface area contributed by atoms with Gasteiger partial charge in [0.05, 0.1) is 0 Å². The highest BCUT2D eigenvalue weighted by Gasteiger charge is 2.46. The summed E-state index contributed by atoms with van der Waals surface area (Å²) < 4.78 is 0. The molecule has 3 N–H and O–H groups in total. The van der Waals surface area contributed by atoms with Crippen molar-refractivity contribution in [1.29, 1.82) is 0 Å². The van der Waals surface area contributed by atoms with E-state index in [4.69, 9.17) is 5.14 Å². The minimum atomic E-state index is -0.0169. The van der Waals surface area contributed by atoms with Gasteiger partial charge in [0, 0.05) is 29.1 Å². The number of aryl methyl sites for hydroxylation is 2. The van der Waals surface area contributed by atoms with Crippen LogP contribution >= 0.6 is 11.9 Å². The first-order valence-corrected chi connectivity index (χ1v) is 12.6. The molecule has 0 radical (unpaired) electrons. The fourth-order valence-corrected chi connectivity index (χ4v) is 5.80. The van der Waals surface area contributed by atoms with Crippen molar-refractivity contribution in [2.24, 2.45) is 5.14 Å². The Bertz CT molecular complexity index is 1180. The Kier molecular flexibility index (Phi) is 5.94. The summed E-state index contributed by atoms with van der Waals surface area (Å²) in [6, 6.07) is 21.3. The highest BCUT2D eigenvalue weighted by Crippen LogP contribution is 2.51. The maximum atomic E-state index is 13.3. The molecular formula is C28H31N3OS. The van der Waals surface area contributed by atoms with Crippen molar-refractivity contribution < 1.29 is 4.79 Å². The van der Waals surface area contributed by atoms with Gasteiger partial charge in [-0.2, -0.15) is 0 Å². The van der Waals surface area contributed by atoms with E-state index in [1.54, 1.807) is 0 Å². The molecule has 0 aromatic heterocycles. The SMILES string of the molecule is Cc1ccc(C)c(-c2ccc3c(c2)C2(CCCC2)CN3C(=O)NCc2ccc(SN)cc2)c1. The monoisotopic (exact) mass is 457 g/mol. The van der Waals surface area contributed by atoms with E-state index in [9.17, 15) is 4.79 Å². The molecule has 0 atom stereocenters. The number of amides is 2. The first-order chi connectivity index (χ1) is 16.0. The summed E-state index contributed by atoms with van der Waals surface area (Å²) in [5, 5.41) is 8.75. The van der Waals surface area contributed by atoms with Gasteiger partial charge in [-0.15, -0.1) is 0 Å². The summed E-state index contributed by atoms with van der Waals surface area (Å²) in [5.41, 5.74) is 8.66. The third-order valence-electron chi connectivity index (χ3n) is 7.33. The quantitative estimate of drug-likeness (QED) is 0.441. The first-order valence-electron chi connectivity index (χ1n) is 11.7. The lowest BCUT2D eigenvalue weighted by Crippen LogP contribution is -2.41. The molecule has 2 amide bonds. The fraction of sp³-hybridized carbons (Fsp3) is 0.321. The Morgan fingerprint density at radius 2 is 1.79 bits per heavy atom. The lowest BCUT2D eigenvalue weighted by molar-refractivity contribution is 0.245. The molecule has 1 spiro atoms. The van der Waals surface area contributed by atoms with E-state index in [2.05, 4.69) is 55.6 Å². The average molecular weight is 458 g/mol. The summed E-state index contributed by atoms with van der Waals surface area (Å²) in [5.74, 6) is 0. The van der Waals surface area contributed by atoms with Gasteiger partial charge >= 0.3 is 6.03 Å². The van der Waals surface area contributed by atoms with Crippen LogP contribution < -0.4 is 15.4 Å². The Morgan fingerprint density at radius 1 is 1.03 bits per heavy atom. The predicted molar refractivity (Wildman–Crippen MR) is 138 cm³/mol. The number of nitrogens with one attached hydrogen (secondary N) is 1. The highest BCUT2D eigenvalue weighted by molar-refractivity contribution is 7.97. The molecular weight excluding hydrogens is 426 g/mol. The number of hydrogen-bond acceptors (Lipinski definition) is 3. The van der Waals surface area contributed by atoms with Crippen LogP contribution in [-0.4, -0.2) is 12.6 Å². The second kappa shape index (κ2) is 8.88. The summed E-state index contributed by atoms with van der Waals surface area (Å²) >= 11 is 1.23. The normalized spacial score (nSPS) is 16.3. The van der Waals surface area contributed by atoms with Gasteiger partial charge in [0.15, 0.2) is 0 Å². The van der Waals surface area contributed by atoms with Crippen LogP contribution in [0, 0.1) is 13.8 Å². The fourth-order valence-electron chi connectivity index (χ4n) is 5.50. The van der Waals surface area contributed by atoms with Gasteiger partial charge in [-0.05, 0) is 90.7 Å². The Labute approximate surface area is 200 Å². The number of carbonyl (C=O) groups is 1. The van der Waals surface area contributed by atoms with E-state index < -0.39 is 0 Å². The van der Waals surface area contributed by atoms with Gasteiger partial charge < -0.3 is 5.32 Å². The van der Waals surface area contributed by atoms with Crippen LogP contribution in [0.2, 0.25) is 0 Å². The molecule has 0 bridgehead atoms. The minimum Gasteiger partial charge on any atom is -0.334 e. The average Bonchev–Trinajstić information content (AvgIpc) is 3.44. The summed E-state index contributed by atoms with van der Waals surface area (Å²) in [6.45, 7) is 5.59.